The predicted octanol–water partition coefficient (Wildman–Crippen LogP) is 0.847. The highest BCUT2D eigenvalue weighted by Gasteiger charge is 2.40. The number of rotatable bonds is 2. The number of esters is 1. The van der Waals surface area contributed by atoms with Crippen molar-refractivity contribution in [3.05, 3.63) is 35.4 Å². The number of likely N-dealkylation sites (tertiary alicyclic amines) is 1. The van der Waals surface area contributed by atoms with Crippen molar-refractivity contribution in [3.8, 4) is 0 Å². The average Bonchev–Trinajstić information content (AvgIpc) is 3.02. The van der Waals surface area contributed by atoms with E-state index in [1.54, 1.807) is 31.1 Å². The van der Waals surface area contributed by atoms with Crippen LogP contribution in [-0.2, 0) is 20.7 Å². The van der Waals surface area contributed by atoms with E-state index in [0.29, 0.717) is 24.9 Å². The third-order valence-corrected chi connectivity index (χ3v) is 4.43. The molecule has 3 rings (SSSR count). The topological polar surface area (TPSA) is 66.9 Å². The van der Waals surface area contributed by atoms with Crippen LogP contribution >= 0.6 is 0 Å². The molecule has 0 saturated carbocycles. The summed E-state index contributed by atoms with van der Waals surface area (Å²) in [5, 5.41) is 0. The standard InChI is InChI=1S/C17H20N2O4/c1-18(2)15(20)13-8-5-9-19(13)16(21)14-10-11-6-3-4-7-12(11)17(22)23-14/h3-4,6-7,13-14H,5,8-10H2,1-2H3. The number of amides is 2. The monoisotopic (exact) mass is 316 g/mol. The van der Waals surface area contributed by atoms with Crippen molar-refractivity contribution in [2.75, 3.05) is 20.6 Å². The van der Waals surface area contributed by atoms with E-state index < -0.39 is 18.1 Å². The molecule has 6 heteroatoms. The first-order valence-corrected chi connectivity index (χ1v) is 7.79. The van der Waals surface area contributed by atoms with Gasteiger partial charge in [0.25, 0.3) is 5.91 Å². The van der Waals surface area contributed by atoms with Crippen molar-refractivity contribution in [2.45, 2.75) is 31.4 Å². The summed E-state index contributed by atoms with van der Waals surface area (Å²) in [6, 6.07) is 6.70. The van der Waals surface area contributed by atoms with Crippen LogP contribution in [0.5, 0.6) is 0 Å². The van der Waals surface area contributed by atoms with Gasteiger partial charge in [-0.25, -0.2) is 4.79 Å². The van der Waals surface area contributed by atoms with Crippen LogP contribution in [0.15, 0.2) is 24.3 Å². The molecule has 0 radical (unpaired) electrons. The minimum Gasteiger partial charge on any atom is -0.448 e. The highest BCUT2D eigenvalue weighted by Crippen LogP contribution is 2.25. The van der Waals surface area contributed by atoms with E-state index in [1.807, 2.05) is 12.1 Å². The first kappa shape index (κ1) is 15.5. The number of fused-ring (bicyclic) bond motifs is 1. The summed E-state index contributed by atoms with van der Waals surface area (Å²) >= 11 is 0. The van der Waals surface area contributed by atoms with Crippen LogP contribution in [0.25, 0.3) is 0 Å². The fraction of sp³-hybridized carbons (Fsp3) is 0.471. The number of hydrogen-bond acceptors (Lipinski definition) is 4. The molecule has 1 fully saturated rings. The molecule has 2 heterocycles. The zero-order chi connectivity index (χ0) is 16.6. The number of hydrogen-bond donors (Lipinski definition) is 0. The lowest BCUT2D eigenvalue weighted by molar-refractivity contribution is -0.148. The fourth-order valence-electron chi connectivity index (χ4n) is 3.24. The summed E-state index contributed by atoms with van der Waals surface area (Å²) in [7, 11) is 3.36. The van der Waals surface area contributed by atoms with E-state index >= 15 is 0 Å². The van der Waals surface area contributed by atoms with Gasteiger partial charge >= 0.3 is 5.97 Å². The molecule has 2 aliphatic rings. The number of cyclic esters (lactones) is 1. The summed E-state index contributed by atoms with van der Waals surface area (Å²) in [6.45, 7) is 0.527. The summed E-state index contributed by atoms with van der Waals surface area (Å²) < 4.78 is 5.32. The van der Waals surface area contributed by atoms with E-state index in [9.17, 15) is 14.4 Å². The lowest BCUT2D eigenvalue weighted by Crippen LogP contribution is -2.51. The van der Waals surface area contributed by atoms with Crippen molar-refractivity contribution in [1.82, 2.24) is 9.80 Å². The maximum absolute atomic E-state index is 12.8. The number of carbonyl (C=O) groups is 3. The fourth-order valence-corrected chi connectivity index (χ4v) is 3.24. The highest BCUT2D eigenvalue weighted by molar-refractivity contribution is 5.97. The highest BCUT2D eigenvalue weighted by atomic mass is 16.5. The Bertz CT molecular complexity index is 656. The second-order valence-electron chi connectivity index (χ2n) is 6.18. The lowest BCUT2D eigenvalue weighted by Gasteiger charge is -2.31. The molecule has 1 aromatic carbocycles. The van der Waals surface area contributed by atoms with E-state index in [1.165, 1.54) is 4.90 Å². The van der Waals surface area contributed by atoms with Crippen LogP contribution in [-0.4, -0.2) is 60.4 Å². The molecule has 0 spiro atoms. The van der Waals surface area contributed by atoms with E-state index in [0.717, 1.165) is 12.0 Å². The molecule has 1 saturated heterocycles. The Hall–Kier alpha value is -2.37. The summed E-state index contributed by atoms with van der Waals surface area (Å²) in [6.07, 6.45) is 0.959. The second kappa shape index (κ2) is 6.02. The SMILES string of the molecule is CN(C)C(=O)C1CCCN1C(=O)C1Cc2ccccc2C(=O)O1. The normalized spacial score (nSPS) is 23.2. The number of carbonyl (C=O) groups excluding carboxylic acids is 3. The molecule has 1 aromatic rings. The molecular formula is C17H20N2O4. The van der Waals surface area contributed by atoms with Crippen LogP contribution in [0.1, 0.15) is 28.8 Å². The Morgan fingerprint density at radius 1 is 1.26 bits per heavy atom. The molecule has 6 nitrogen and oxygen atoms in total. The summed E-state index contributed by atoms with van der Waals surface area (Å²) in [5.41, 5.74) is 1.33. The third-order valence-electron chi connectivity index (χ3n) is 4.43. The van der Waals surface area contributed by atoms with Crippen LogP contribution in [0.2, 0.25) is 0 Å². The van der Waals surface area contributed by atoms with Crippen molar-refractivity contribution in [2.24, 2.45) is 0 Å². The second-order valence-corrected chi connectivity index (χ2v) is 6.18. The molecule has 122 valence electrons. The lowest BCUT2D eigenvalue weighted by atomic mass is 9.98. The molecule has 2 unspecified atom stereocenters. The van der Waals surface area contributed by atoms with Gasteiger partial charge in [0.2, 0.25) is 5.91 Å². The molecule has 2 amide bonds. The smallest absolute Gasteiger partial charge is 0.339 e. The molecule has 2 atom stereocenters. The average molecular weight is 316 g/mol. The Labute approximate surface area is 135 Å². The van der Waals surface area contributed by atoms with Gasteiger partial charge in [0.1, 0.15) is 6.04 Å². The largest absolute Gasteiger partial charge is 0.448 e. The van der Waals surface area contributed by atoms with Crippen LogP contribution in [0.3, 0.4) is 0 Å². The number of benzene rings is 1. The van der Waals surface area contributed by atoms with Gasteiger partial charge in [-0.3, -0.25) is 9.59 Å². The van der Waals surface area contributed by atoms with Gasteiger partial charge in [-0.2, -0.15) is 0 Å². The molecule has 0 N–H and O–H groups in total. The number of nitrogens with zero attached hydrogens (tertiary/aromatic N) is 2. The minimum absolute atomic E-state index is 0.0848. The van der Waals surface area contributed by atoms with E-state index in [2.05, 4.69) is 0 Å². The van der Waals surface area contributed by atoms with Crippen LogP contribution in [0.4, 0.5) is 0 Å². The molecule has 23 heavy (non-hydrogen) atoms. The van der Waals surface area contributed by atoms with Gasteiger partial charge in [-0.05, 0) is 24.5 Å². The number of ether oxygens (including phenoxy) is 1. The zero-order valence-corrected chi connectivity index (χ0v) is 13.3. The van der Waals surface area contributed by atoms with E-state index in [4.69, 9.17) is 4.74 Å². The molecule has 0 aromatic heterocycles. The van der Waals surface area contributed by atoms with Gasteiger partial charge in [0.05, 0.1) is 5.56 Å². The minimum atomic E-state index is -0.840. The maximum Gasteiger partial charge on any atom is 0.339 e. The summed E-state index contributed by atoms with van der Waals surface area (Å²) in [4.78, 5) is 40.1. The third kappa shape index (κ3) is 2.81. The Morgan fingerprint density at radius 3 is 2.74 bits per heavy atom. The number of likely N-dealkylation sites (N-methyl/N-ethyl adjacent to an activating group) is 1. The van der Waals surface area contributed by atoms with Gasteiger partial charge in [-0.1, -0.05) is 18.2 Å². The van der Waals surface area contributed by atoms with Gasteiger partial charge in [0, 0.05) is 27.1 Å². The van der Waals surface area contributed by atoms with Gasteiger partial charge in [-0.15, -0.1) is 0 Å². The first-order valence-electron chi connectivity index (χ1n) is 7.79. The quantitative estimate of drug-likeness (QED) is 0.759. The Balaban J connectivity index is 1.79. The van der Waals surface area contributed by atoms with Crippen molar-refractivity contribution in [3.63, 3.8) is 0 Å². The van der Waals surface area contributed by atoms with Gasteiger partial charge < -0.3 is 14.5 Å². The predicted molar refractivity (Wildman–Crippen MR) is 82.8 cm³/mol. The van der Waals surface area contributed by atoms with Crippen molar-refractivity contribution < 1.29 is 19.1 Å². The van der Waals surface area contributed by atoms with Crippen molar-refractivity contribution in [1.29, 1.82) is 0 Å². The van der Waals surface area contributed by atoms with Crippen molar-refractivity contribution >= 4 is 17.8 Å². The Kier molecular flexibility index (Phi) is 4.07. The Morgan fingerprint density at radius 2 is 2.00 bits per heavy atom. The summed E-state index contributed by atoms with van der Waals surface area (Å²) in [5.74, 6) is -0.830. The first-order chi connectivity index (χ1) is 11.0. The molecule has 2 aliphatic heterocycles. The van der Waals surface area contributed by atoms with E-state index in [-0.39, 0.29) is 11.8 Å². The molecule has 0 bridgehead atoms. The maximum atomic E-state index is 12.8. The van der Waals surface area contributed by atoms with Gasteiger partial charge in [0.15, 0.2) is 6.10 Å². The van der Waals surface area contributed by atoms with Crippen LogP contribution < -0.4 is 0 Å². The molecular weight excluding hydrogens is 296 g/mol. The molecule has 0 aliphatic carbocycles. The zero-order valence-electron chi connectivity index (χ0n) is 13.3. The van der Waals surface area contributed by atoms with Crippen LogP contribution in [0, 0.1) is 0 Å².